The second-order valence-electron chi connectivity index (χ2n) is 6.27. The lowest BCUT2D eigenvalue weighted by Gasteiger charge is -2.09. The van der Waals surface area contributed by atoms with E-state index >= 15 is 0 Å². The molecule has 0 aromatic heterocycles. The molecule has 2 aromatic carbocycles. The first-order valence-electron chi connectivity index (χ1n) is 8.98. The SMILES string of the molecule is CCCOc1ccc(C(=O)CCC(=O)NCc2cccc(C(F)(F)F)c2)cc1. The molecule has 1 N–H and O–H groups in total. The Bertz CT molecular complexity index is 801. The first-order chi connectivity index (χ1) is 13.3. The van der Waals surface area contributed by atoms with E-state index in [4.69, 9.17) is 4.74 Å². The van der Waals surface area contributed by atoms with Gasteiger partial charge in [-0.2, -0.15) is 13.2 Å². The Labute approximate surface area is 161 Å². The normalized spacial score (nSPS) is 11.1. The van der Waals surface area contributed by atoms with Crippen molar-refractivity contribution in [3.8, 4) is 5.75 Å². The van der Waals surface area contributed by atoms with E-state index in [2.05, 4.69) is 5.32 Å². The lowest BCUT2D eigenvalue weighted by molar-refractivity contribution is -0.137. The van der Waals surface area contributed by atoms with Crippen LogP contribution in [0.15, 0.2) is 48.5 Å². The number of rotatable bonds is 9. The zero-order valence-corrected chi connectivity index (χ0v) is 15.5. The third kappa shape index (κ3) is 6.72. The van der Waals surface area contributed by atoms with Crippen molar-refractivity contribution in [1.82, 2.24) is 5.32 Å². The van der Waals surface area contributed by atoms with Gasteiger partial charge in [-0.15, -0.1) is 0 Å². The number of Topliss-reactive ketones (excluding diaryl/α,β-unsaturated/α-hetero) is 1. The molecule has 2 aromatic rings. The molecule has 28 heavy (non-hydrogen) atoms. The van der Waals surface area contributed by atoms with Gasteiger partial charge in [0.25, 0.3) is 0 Å². The van der Waals surface area contributed by atoms with Crippen LogP contribution < -0.4 is 10.1 Å². The predicted molar refractivity (Wildman–Crippen MR) is 99.1 cm³/mol. The number of halogens is 3. The van der Waals surface area contributed by atoms with Gasteiger partial charge in [-0.3, -0.25) is 9.59 Å². The summed E-state index contributed by atoms with van der Waals surface area (Å²) in [4.78, 5) is 24.1. The highest BCUT2D eigenvalue weighted by molar-refractivity contribution is 5.98. The van der Waals surface area contributed by atoms with Crippen LogP contribution in [0.5, 0.6) is 5.75 Å². The van der Waals surface area contributed by atoms with E-state index < -0.39 is 17.6 Å². The number of benzene rings is 2. The zero-order valence-electron chi connectivity index (χ0n) is 15.5. The molecule has 0 bridgehead atoms. The van der Waals surface area contributed by atoms with Crippen molar-refractivity contribution in [2.75, 3.05) is 6.61 Å². The molecule has 0 fully saturated rings. The van der Waals surface area contributed by atoms with E-state index in [0.29, 0.717) is 23.5 Å². The Kier molecular flexibility index (Phi) is 7.61. The van der Waals surface area contributed by atoms with Crippen molar-refractivity contribution < 1.29 is 27.5 Å². The molecule has 0 aliphatic heterocycles. The van der Waals surface area contributed by atoms with Gasteiger partial charge in [-0.25, -0.2) is 0 Å². The van der Waals surface area contributed by atoms with Crippen molar-refractivity contribution >= 4 is 11.7 Å². The molecule has 0 saturated heterocycles. The number of hydrogen-bond donors (Lipinski definition) is 1. The summed E-state index contributed by atoms with van der Waals surface area (Å²) < 4.78 is 43.5. The van der Waals surface area contributed by atoms with Crippen LogP contribution in [0.25, 0.3) is 0 Å². The van der Waals surface area contributed by atoms with Crippen LogP contribution in [0.1, 0.15) is 47.7 Å². The molecule has 4 nitrogen and oxygen atoms in total. The Balaban J connectivity index is 1.80. The fraction of sp³-hybridized carbons (Fsp3) is 0.333. The van der Waals surface area contributed by atoms with Crippen LogP contribution in [-0.2, 0) is 17.5 Å². The topological polar surface area (TPSA) is 55.4 Å². The average Bonchev–Trinajstić information content (AvgIpc) is 2.69. The Morgan fingerprint density at radius 1 is 1.04 bits per heavy atom. The molecule has 0 heterocycles. The van der Waals surface area contributed by atoms with Crippen molar-refractivity contribution in [2.24, 2.45) is 0 Å². The lowest BCUT2D eigenvalue weighted by Crippen LogP contribution is -2.23. The molecule has 150 valence electrons. The quantitative estimate of drug-likeness (QED) is 0.624. The maximum absolute atomic E-state index is 12.7. The van der Waals surface area contributed by atoms with Gasteiger partial charge in [0.05, 0.1) is 12.2 Å². The zero-order chi connectivity index (χ0) is 20.6. The van der Waals surface area contributed by atoms with E-state index in [1.165, 1.54) is 12.1 Å². The Hall–Kier alpha value is -2.83. The summed E-state index contributed by atoms with van der Waals surface area (Å²) >= 11 is 0. The molecular formula is C21H22F3NO3. The minimum atomic E-state index is -4.43. The molecule has 2 rings (SSSR count). The van der Waals surface area contributed by atoms with Crippen LogP contribution in [0.2, 0.25) is 0 Å². The van der Waals surface area contributed by atoms with Crippen LogP contribution in [0.3, 0.4) is 0 Å². The number of nitrogens with one attached hydrogen (secondary N) is 1. The fourth-order valence-corrected chi connectivity index (χ4v) is 2.48. The molecule has 0 aliphatic rings. The van der Waals surface area contributed by atoms with Gasteiger partial charge in [0.15, 0.2) is 5.78 Å². The van der Waals surface area contributed by atoms with Crippen molar-refractivity contribution in [2.45, 2.75) is 38.9 Å². The van der Waals surface area contributed by atoms with Gasteiger partial charge >= 0.3 is 6.18 Å². The number of amides is 1. The summed E-state index contributed by atoms with van der Waals surface area (Å²) in [5.74, 6) is 0.0992. The van der Waals surface area contributed by atoms with E-state index in [9.17, 15) is 22.8 Å². The van der Waals surface area contributed by atoms with Crippen molar-refractivity contribution in [3.05, 3.63) is 65.2 Å². The monoisotopic (exact) mass is 393 g/mol. The van der Waals surface area contributed by atoms with Crippen LogP contribution >= 0.6 is 0 Å². The highest BCUT2D eigenvalue weighted by atomic mass is 19.4. The van der Waals surface area contributed by atoms with Gasteiger partial charge in [0, 0.05) is 24.9 Å². The van der Waals surface area contributed by atoms with Crippen LogP contribution in [0, 0.1) is 0 Å². The summed E-state index contributed by atoms with van der Waals surface area (Å²) in [6, 6.07) is 11.5. The Morgan fingerprint density at radius 3 is 2.39 bits per heavy atom. The van der Waals surface area contributed by atoms with Crippen LogP contribution in [-0.4, -0.2) is 18.3 Å². The maximum Gasteiger partial charge on any atom is 0.416 e. The highest BCUT2D eigenvalue weighted by Gasteiger charge is 2.30. The number of carbonyl (C=O) groups is 2. The summed E-state index contributed by atoms with van der Waals surface area (Å²) in [6.45, 7) is 2.57. The van der Waals surface area contributed by atoms with Gasteiger partial charge in [-0.05, 0) is 48.4 Å². The molecule has 0 aliphatic carbocycles. The minimum absolute atomic E-state index is 0.0174. The third-order valence-corrected chi connectivity index (χ3v) is 3.97. The molecule has 0 atom stereocenters. The molecule has 0 saturated carbocycles. The van der Waals surface area contributed by atoms with Gasteiger partial charge in [0.2, 0.25) is 5.91 Å². The summed E-state index contributed by atoms with van der Waals surface area (Å²) in [7, 11) is 0. The Morgan fingerprint density at radius 2 is 1.75 bits per heavy atom. The molecular weight excluding hydrogens is 371 g/mol. The third-order valence-electron chi connectivity index (χ3n) is 3.97. The first-order valence-corrected chi connectivity index (χ1v) is 8.98. The fourth-order valence-electron chi connectivity index (χ4n) is 2.48. The average molecular weight is 393 g/mol. The predicted octanol–water partition coefficient (Wildman–Crippen LogP) is 4.77. The van der Waals surface area contributed by atoms with E-state index in [1.807, 2.05) is 6.92 Å². The molecule has 0 radical (unpaired) electrons. The summed E-state index contributed by atoms with van der Waals surface area (Å²) in [5, 5.41) is 2.54. The summed E-state index contributed by atoms with van der Waals surface area (Å²) in [5.41, 5.74) is 0.0625. The van der Waals surface area contributed by atoms with E-state index in [1.54, 1.807) is 24.3 Å². The van der Waals surface area contributed by atoms with Gasteiger partial charge in [-0.1, -0.05) is 19.1 Å². The second-order valence-corrected chi connectivity index (χ2v) is 6.27. The van der Waals surface area contributed by atoms with Crippen molar-refractivity contribution in [3.63, 3.8) is 0 Å². The molecule has 0 spiro atoms. The van der Waals surface area contributed by atoms with E-state index in [-0.39, 0.29) is 25.2 Å². The minimum Gasteiger partial charge on any atom is -0.494 e. The lowest BCUT2D eigenvalue weighted by atomic mass is 10.1. The number of alkyl halides is 3. The molecule has 7 heteroatoms. The standard InChI is InChI=1S/C21H22F3NO3/c1-2-12-28-18-8-6-16(7-9-18)19(26)10-11-20(27)25-14-15-4-3-5-17(13-15)21(22,23)24/h3-9,13H,2,10-12,14H2,1H3,(H,25,27). The largest absolute Gasteiger partial charge is 0.494 e. The van der Waals surface area contributed by atoms with Crippen molar-refractivity contribution in [1.29, 1.82) is 0 Å². The number of hydrogen-bond acceptors (Lipinski definition) is 3. The maximum atomic E-state index is 12.7. The summed E-state index contributed by atoms with van der Waals surface area (Å²) in [6.07, 6.45) is -3.56. The van der Waals surface area contributed by atoms with Crippen LogP contribution in [0.4, 0.5) is 13.2 Å². The smallest absolute Gasteiger partial charge is 0.416 e. The number of ether oxygens (including phenoxy) is 1. The second kappa shape index (κ2) is 9.92. The first kappa shape index (κ1) is 21.5. The van der Waals surface area contributed by atoms with E-state index in [0.717, 1.165) is 18.6 Å². The molecule has 0 unspecified atom stereocenters. The van der Waals surface area contributed by atoms with Gasteiger partial charge in [0.1, 0.15) is 5.75 Å². The molecule has 1 amide bonds. The van der Waals surface area contributed by atoms with Gasteiger partial charge < -0.3 is 10.1 Å². The highest BCUT2D eigenvalue weighted by Crippen LogP contribution is 2.29. The number of carbonyl (C=O) groups excluding carboxylic acids is 2. The number of ketones is 1.